The molecule has 26 heavy (non-hydrogen) atoms. The summed E-state index contributed by atoms with van der Waals surface area (Å²) in [6.45, 7) is 4.89. The second-order valence-corrected chi connectivity index (χ2v) is 29.0. The summed E-state index contributed by atoms with van der Waals surface area (Å²) in [7, 11) is 0. The zero-order chi connectivity index (χ0) is 16.7. The van der Waals surface area contributed by atoms with Crippen molar-refractivity contribution in [3.8, 4) is 0 Å². The Hall–Kier alpha value is -0.400. The number of benzene rings is 2. The third-order valence-corrected chi connectivity index (χ3v) is 30.5. The van der Waals surface area contributed by atoms with Crippen LogP contribution < -0.4 is 24.8 Å². The van der Waals surface area contributed by atoms with Crippen LogP contribution in [0.4, 0.5) is 0 Å². The maximum atomic E-state index is 2.75. The molecular formula is C22H25Cl2SiZr. The Morgan fingerprint density at radius 2 is 1.19 bits per heavy atom. The second-order valence-electron chi connectivity index (χ2n) is 7.71. The second kappa shape index (κ2) is 8.74. The predicted octanol–water partition coefficient (Wildman–Crippen LogP) is -0.0876. The van der Waals surface area contributed by atoms with Gasteiger partial charge in [0.25, 0.3) is 0 Å². The molecule has 2 aromatic carbocycles. The minimum Gasteiger partial charge on any atom is -1.00 e. The Bertz CT molecular complexity index is 833. The molecule has 0 aromatic heterocycles. The van der Waals surface area contributed by atoms with Crippen molar-refractivity contribution in [3.63, 3.8) is 0 Å². The number of hydrogen-bond donors (Lipinski definition) is 0. The first-order chi connectivity index (χ1) is 11.6. The Labute approximate surface area is 175 Å². The van der Waals surface area contributed by atoms with E-state index in [0.717, 1.165) is 12.8 Å². The van der Waals surface area contributed by atoms with Gasteiger partial charge in [0.2, 0.25) is 0 Å². The van der Waals surface area contributed by atoms with Gasteiger partial charge in [-0.3, -0.25) is 0 Å². The largest absolute Gasteiger partial charge is 1.00 e. The first-order valence-electron chi connectivity index (χ1n) is 9.00. The van der Waals surface area contributed by atoms with Gasteiger partial charge in [0, 0.05) is 0 Å². The van der Waals surface area contributed by atoms with E-state index >= 15 is 0 Å². The number of hydrogen-bond acceptors (Lipinski definition) is 0. The molecule has 0 bridgehead atoms. The Balaban J connectivity index is 0.00000121. The number of fused-ring (bicyclic) bond motifs is 2. The fourth-order valence-electron chi connectivity index (χ4n) is 4.70. The van der Waals surface area contributed by atoms with Crippen molar-refractivity contribution in [2.45, 2.75) is 31.3 Å². The molecule has 0 spiro atoms. The van der Waals surface area contributed by atoms with Crippen LogP contribution in [0.5, 0.6) is 0 Å². The Morgan fingerprint density at radius 1 is 0.769 bits per heavy atom. The van der Waals surface area contributed by atoms with E-state index in [1.165, 1.54) is 11.1 Å². The van der Waals surface area contributed by atoms with Gasteiger partial charge in [-0.25, -0.2) is 0 Å². The zero-order valence-corrected chi connectivity index (χ0v) is 20.6. The molecule has 135 valence electrons. The molecule has 0 heterocycles. The standard InChI is InChI=1S/2C9H7.C3H8Si.CH3.2ClH.Zr/c2*1-2-5-9-7-3-6-8(9)4-1;1-3(2)4;;;;/h2*1-7H;3-4H,1-2H3;1H3;2*1H;/q;;;;;;+2/p-2. The molecule has 0 nitrogen and oxygen atoms in total. The summed E-state index contributed by atoms with van der Waals surface area (Å²) in [5.41, 5.74) is 7.00. The first-order valence-corrected chi connectivity index (χ1v) is 19.8. The average Bonchev–Trinajstić information content (AvgIpc) is 3.19. The maximum absolute atomic E-state index is 2.75. The van der Waals surface area contributed by atoms with Crippen molar-refractivity contribution in [1.82, 2.24) is 0 Å². The Morgan fingerprint density at radius 3 is 1.62 bits per heavy atom. The molecule has 0 radical (unpaired) electrons. The summed E-state index contributed by atoms with van der Waals surface area (Å²) in [4.78, 5) is 0. The molecule has 4 heteroatoms. The monoisotopic (exact) mass is 477 g/mol. The van der Waals surface area contributed by atoms with Crippen molar-refractivity contribution in [3.05, 3.63) is 82.9 Å². The zero-order valence-electron chi connectivity index (χ0n) is 15.5. The SMILES string of the molecule is CC(C)[SiH]=[Zr+2]([CH3])([CH]1C=Cc2ccccc21)[CH]1C=Cc2ccccc21.[Cl-].[Cl-]. The third kappa shape index (κ3) is 3.76. The van der Waals surface area contributed by atoms with E-state index in [4.69, 9.17) is 0 Å². The molecule has 0 aliphatic heterocycles. The number of rotatable bonds is 3. The van der Waals surface area contributed by atoms with E-state index in [1.54, 1.807) is 11.1 Å². The van der Waals surface area contributed by atoms with Crippen molar-refractivity contribution < 1.29 is 43.7 Å². The molecule has 0 fully saturated rings. The van der Waals surface area contributed by atoms with Crippen molar-refractivity contribution in [2.75, 3.05) is 0 Å². The van der Waals surface area contributed by atoms with Crippen LogP contribution in [0.2, 0.25) is 10.2 Å². The van der Waals surface area contributed by atoms with Gasteiger partial charge in [0.05, 0.1) is 0 Å². The summed E-state index contributed by atoms with van der Waals surface area (Å²) >= 11 is -2.47. The van der Waals surface area contributed by atoms with Gasteiger partial charge in [0.1, 0.15) is 0 Å². The van der Waals surface area contributed by atoms with E-state index in [2.05, 4.69) is 91.3 Å². The Kier molecular flexibility index (Phi) is 7.36. The molecule has 0 N–H and O–H groups in total. The summed E-state index contributed by atoms with van der Waals surface area (Å²) in [5.74, 6) is 0. The van der Waals surface area contributed by atoms with Crippen LogP contribution in [0, 0.1) is 0 Å². The van der Waals surface area contributed by atoms with Crippen LogP contribution in [0.25, 0.3) is 12.2 Å². The van der Waals surface area contributed by atoms with Gasteiger partial charge in [-0.05, 0) is 0 Å². The molecule has 2 aliphatic rings. The normalized spacial score (nSPS) is 20.2. The molecule has 2 aliphatic carbocycles. The molecule has 4 rings (SSSR count). The van der Waals surface area contributed by atoms with E-state index in [0.29, 0.717) is 6.16 Å². The summed E-state index contributed by atoms with van der Waals surface area (Å²) < 4.78 is 4.21. The fraction of sp³-hybridized carbons (Fsp3) is 0.273. The topological polar surface area (TPSA) is 0 Å². The third-order valence-electron chi connectivity index (χ3n) is 5.63. The maximum Gasteiger partial charge on any atom is -1.00 e. The van der Waals surface area contributed by atoms with E-state index in [1.807, 2.05) is 0 Å². The number of allylic oxidation sites excluding steroid dienone is 2. The van der Waals surface area contributed by atoms with Gasteiger partial charge in [-0.1, -0.05) is 0 Å². The molecular weight excluding hydrogens is 454 g/mol. The van der Waals surface area contributed by atoms with Gasteiger partial charge in [-0.15, -0.1) is 0 Å². The summed E-state index contributed by atoms with van der Waals surface area (Å²) in [6, 6.07) is 18.2. The van der Waals surface area contributed by atoms with E-state index < -0.39 is 18.9 Å². The van der Waals surface area contributed by atoms with Gasteiger partial charge in [0.15, 0.2) is 0 Å². The minimum absolute atomic E-state index is 0. The number of halogens is 2. The quantitative estimate of drug-likeness (QED) is 0.540. The van der Waals surface area contributed by atoms with Crippen LogP contribution in [0.15, 0.2) is 60.7 Å². The summed E-state index contributed by atoms with van der Waals surface area (Å²) in [6.07, 6.45) is 10.4. The average molecular weight is 480 g/mol. The van der Waals surface area contributed by atoms with Crippen molar-refractivity contribution in [2.24, 2.45) is 0 Å². The van der Waals surface area contributed by atoms with Gasteiger partial charge < -0.3 is 24.8 Å². The molecule has 2 aromatic rings. The van der Waals surface area contributed by atoms with E-state index in [-0.39, 0.29) is 24.8 Å². The molecule has 0 amide bonds. The minimum atomic E-state index is -2.47. The predicted molar refractivity (Wildman–Crippen MR) is 105 cm³/mol. The van der Waals surface area contributed by atoms with Gasteiger partial charge in [-0.2, -0.15) is 0 Å². The van der Waals surface area contributed by atoms with Crippen LogP contribution in [-0.2, 0) is 18.9 Å². The van der Waals surface area contributed by atoms with Crippen molar-refractivity contribution in [1.29, 1.82) is 0 Å². The summed E-state index contributed by atoms with van der Waals surface area (Å²) in [5, 5.41) is 0. The van der Waals surface area contributed by atoms with Crippen LogP contribution in [-0.4, -0.2) is 6.16 Å². The van der Waals surface area contributed by atoms with E-state index in [9.17, 15) is 0 Å². The molecule has 0 saturated heterocycles. The molecule has 0 saturated carbocycles. The molecule has 2 unspecified atom stereocenters. The van der Waals surface area contributed by atoms with Gasteiger partial charge >= 0.3 is 151 Å². The van der Waals surface area contributed by atoms with Crippen LogP contribution in [0.1, 0.15) is 43.4 Å². The van der Waals surface area contributed by atoms with Crippen LogP contribution >= 0.6 is 0 Å². The fourth-order valence-corrected chi connectivity index (χ4v) is 31.7. The van der Waals surface area contributed by atoms with Crippen molar-refractivity contribution >= 4 is 18.3 Å². The smallest absolute Gasteiger partial charge is 1.00 e. The van der Waals surface area contributed by atoms with Crippen LogP contribution in [0.3, 0.4) is 0 Å². The molecule has 2 atom stereocenters. The first kappa shape index (κ1) is 21.9.